The maximum atomic E-state index is 10.1. The van der Waals surface area contributed by atoms with Crippen LogP contribution in [0, 0.1) is 0 Å². The highest BCUT2D eigenvalue weighted by molar-refractivity contribution is 5.85. The Morgan fingerprint density at radius 3 is 2.73 bits per heavy atom. The van der Waals surface area contributed by atoms with Crippen molar-refractivity contribution in [1.82, 2.24) is 25.1 Å². The number of aromatic hydroxyl groups is 1. The largest absolute Gasteiger partial charge is 0.507 e. The molecule has 0 amide bonds. The molecule has 0 radical (unpaired) electrons. The summed E-state index contributed by atoms with van der Waals surface area (Å²) in [6.45, 7) is 1.56. The van der Waals surface area contributed by atoms with Crippen molar-refractivity contribution >= 4 is 17.0 Å². The van der Waals surface area contributed by atoms with E-state index in [0.29, 0.717) is 17.8 Å². The van der Waals surface area contributed by atoms with E-state index in [-0.39, 0.29) is 5.75 Å². The monoisotopic (exact) mass is 344 g/mol. The van der Waals surface area contributed by atoms with Crippen LogP contribution >= 0.6 is 0 Å². The molecule has 26 heavy (non-hydrogen) atoms. The van der Waals surface area contributed by atoms with E-state index in [0.717, 1.165) is 29.9 Å². The highest BCUT2D eigenvalue weighted by atomic mass is 16.3. The van der Waals surface area contributed by atoms with E-state index >= 15 is 0 Å². The molecule has 0 unspecified atom stereocenters. The van der Waals surface area contributed by atoms with Crippen molar-refractivity contribution in [1.29, 1.82) is 0 Å². The van der Waals surface area contributed by atoms with Gasteiger partial charge in [-0.15, -0.1) is 10.2 Å². The van der Waals surface area contributed by atoms with Gasteiger partial charge < -0.3 is 15.0 Å². The normalized spacial score (nSPS) is 13.8. The van der Waals surface area contributed by atoms with Crippen LogP contribution in [-0.4, -0.2) is 36.8 Å². The topological polar surface area (TPSA) is 90.8 Å². The third-order valence-electron chi connectivity index (χ3n) is 4.75. The average Bonchev–Trinajstić information content (AvgIpc) is 3.06. The molecule has 0 atom stereocenters. The van der Waals surface area contributed by atoms with Crippen LogP contribution in [0.25, 0.3) is 22.3 Å². The van der Waals surface area contributed by atoms with Crippen LogP contribution in [0.1, 0.15) is 11.3 Å². The van der Waals surface area contributed by atoms with Crippen molar-refractivity contribution in [3.8, 4) is 17.0 Å². The maximum Gasteiger partial charge on any atom is 0.225 e. The summed E-state index contributed by atoms with van der Waals surface area (Å²) in [5.41, 5.74) is 4.47. The van der Waals surface area contributed by atoms with Crippen LogP contribution in [0.3, 0.4) is 0 Å². The molecule has 5 rings (SSSR count). The summed E-state index contributed by atoms with van der Waals surface area (Å²) in [5, 5.41) is 19.8. The third-order valence-corrected chi connectivity index (χ3v) is 4.75. The standard InChI is InChI=1S/C19H16N6O/c26-17-5-2-1-4-12(17)16-10-13-14-11-25(19-20-7-3-8-21-19)9-6-15(14)22-18(13)24-23-16/h1-5,7-8,10,26H,6,9,11H2,(H,22,24). The number of phenolic OH excluding ortho intramolecular Hbond substituents is 1. The molecule has 7 heteroatoms. The number of hydrogen-bond donors (Lipinski definition) is 2. The zero-order chi connectivity index (χ0) is 17.5. The number of hydrogen-bond acceptors (Lipinski definition) is 6. The lowest BCUT2D eigenvalue weighted by molar-refractivity contribution is 0.477. The molecule has 0 saturated heterocycles. The highest BCUT2D eigenvalue weighted by Gasteiger charge is 2.23. The van der Waals surface area contributed by atoms with Crippen LogP contribution in [0.5, 0.6) is 5.75 Å². The quantitative estimate of drug-likeness (QED) is 0.581. The summed E-state index contributed by atoms with van der Waals surface area (Å²) in [5.74, 6) is 0.931. The Hall–Kier alpha value is -3.48. The molecule has 4 aromatic rings. The van der Waals surface area contributed by atoms with Crippen LogP contribution < -0.4 is 4.90 Å². The van der Waals surface area contributed by atoms with Crippen molar-refractivity contribution in [2.24, 2.45) is 0 Å². The molecule has 0 spiro atoms. The van der Waals surface area contributed by atoms with Gasteiger partial charge in [0, 0.05) is 54.1 Å². The van der Waals surface area contributed by atoms with Gasteiger partial charge in [0.1, 0.15) is 5.75 Å². The number of benzene rings is 1. The number of H-pyrrole nitrogens is 1. The number of anilines is 1. The summed E-state index contributed by atoms with van der Waals surface area (Å²) in [6.07, 6.45) is 4.39. The molecular formula is C19H16N6O. The van der Waals surface area contributed by atoms with E-state index in [1.54, 1.807) is 24.5 Å². The van der Waals surface area contributed by atoms with Crippen molar-refractivity contribution in [2.45, 2.75) is 13.0 Å². The van der Waals surface area contributed by atoms with Crippen molar-refractivity contribution in [2.75, 3.05) is 11.4 Å². The van der Waals surface area contributed by atoms with Crippen LogP contribution in [0.2, 0.25) is 0 Å². The van der Waals surface area contributed by atoms with Crippen LogP contribution in [0.4, 0.5) is 5.95 Å². The first-order valence-electron chi connectivity index (χ1n) is 8.47. The summed E-state index contributed by atoms with van der Waals surface area (Å²) in [6, 6.07) is 11.0. The zero-order valence-electron chi connectivity index (χ0n) is 13.9. The number of para-hydroxylation sites is 1. The first-order chi connectivity index (χ1) is 12.8. The lowest BCUT2D eigenvalue weighted by atomic mass is 10.0. The predicted molar refractivity (Wildman–Crippen MR) is 97.8 cm³/mol. The molecule has 1 aliphatic rings. The molecule has 1 aromatic carbocycles. The van der Waals surface area contributed by atoms with E-state index in [9.17, 15) is 5.11 Å². The fourth-order valence-electron chi connectivity index (χ4n) is 3.45. The number of aromatic nitrogens is 5. The van der Waals surface area contributed by atoms with Crippen molar-refractivity contribution < 1.29 is 5.11 Å². The van der Waals surface area contributed by atoms with Gasteiger partial charge in [0.25, 0.3) is 0 Å². The lowest BCUT2D eigenvalue weighted by Gasteiger charge is -2.26. The fraction of sp³-hybridized carbons (Fsp3) is 0.158. The fourth-order valence-corrected chi connectivity index (χ4v) is 3.45. The van der Waals surface area contributed by atoms with Crippen LogP contribution in [0.15, 0.2) is 48.8 Å². The number of fused-ring (bicyclic) bond motifs is 3. The summed E-state index contributed by atoms with van der Waals surface area (Å²) in [7, 11) is 0. The Bertz CT molecular complexity index is 1090. The summed E-state index contributed by atoms with van der Waals surface area (Å²) < 4.78 is 0. The minimum absolute atomic E-state index is 0.199. The first kappa shape index (κ1) is 14.8. The second-order valence-corrected chi connectivity index (χ2v) is 6.31. The van der Waals surface area contributed by atoms with Gasteiger partial charge in [-0.25, -0.2) is 9.97 Å². The SMILES string of the molecule is Oc1ccccc1-c1cc2c3c([nH]c2nn1)CCN(c1ncccn1)C3. The molecule has 1 aliphatic heterocycles. The molecule has 2 N–H and O–H groups in total. The smallest absolute Gasteiger partial charge is 0.225 e. The molecule has 0 saturated carbocycles. The molecule has 4 heterocycles. The molecule has 0 bridgehead atoms. The van der Waals surface area contributed by atoms with Gasteiger partial charge in [-0.1, -0.05) is 12.1 Å². The van der Waals surface area contributed by atoms with E-state index < -0.39 is 0 Å². The molecule has 0 fully saturated rings. The van der Waals surface area contributed by atoms with Crippen molar-refractivity contribution in [3.63, 3.8) is 0 Å². The van der Waals surface area contributed by atoms with E-state index in [4.69, 9.17) is 0 Å². The van der Waals surface area contributed by atoms with Gasteiger partial charge in [-0.2, -0.15) is 0 Å². The van der Waals surface area contributed by atoms with Gasteiger partial charge in [-0.3, -0.25) is 0 Å². The van der Waals surface area contributed by atoms with Gasteiger partial charge in [0.05, 0.1) is 5.69 Å². The van der Waals surface area contributed by atoms with Crippen molar-refractivity contribution in [3.05, 3.63) is 60.0 Å². The van der Waals surface area contributed by atoms with E-state index in [2.05, 4.69) is 30.0 Å². The molecule has 0 aliphatic carbocycles. The Morgan fingerprint density at radius 2 is 1.88 bits per heavy atom. The molecule has 3 aromatic heterocycles. The van der Waals surface area contributed by atoms with Gasteiger partial charge in [-0.05, 0) is 24.3 Å². The number of phenols is 1. The Morgan fingerprint density at radius 1 is 1.04 bits per heavy atom. The molecule has 128 valence electrons. The van der Waals surface area contributed by atoms with Crippen LogP contribution in [-0.2, 0) is 13.0 Å². The lowest BCUT2D eigenvalue weighted by Crippen LogP contribution is -2.31. The second kappa shape index (κ2) is 5.80. The number of aromatic amines is 1. The van der Waals surface area contributed by atoms with Gasteiger partial charge in [0.15, 0.2) is 5.65 Å². The number of rotatable bonds is 2. The minimum Gasteiger partial charge on any atom is -0.507 e. The Kier molecular flexibility index (Phi) is 3.31. The van der Waals surface area contributed by atoms with E-state index in [1.165, 1.54) is 11.3 Å². The second-order valence-electron chi connectivity index (χ2n) is 6.31. The molecular weight excluding hydrogens is 328 g/mol. The zero-order valence-corrected chi connectivity index (χ0v) is 13.9. The predicted octanol–water partition coefficient (Wildman–Crippen LogP) is 2.68. The number of nitrogens with one attached hydrogen (secondary N) is 1. The van der Waals surface area contributed by atoms with Gasteiger partial charge >= 0.3 is 0 Å². The third kappa shape index (κ3) is 2.36. The Balaban J connectivity index is 1.59. The summed E-state index contributed by atoms with van der Waals surface area (Å²) >= 11 is 0. The highest BCUT2D eigenvalue weighted by Crippen LogP contribution is 2.32. The molecule has 7 nitrogen and oxygen atoms in total. The van der Waals surface area contributed by atoms with E-state index in [1.807, 2.05) is 24.3 Å². The summed E-state index contributed by atoms with van der Waals surface area (Å²) in [4.78, 5) is 14.3. The Labute approximate surface area is 149 Å². The van der Waals surface area contributed by atoms with Gasteiger partial charge in [0.2, 0.25) is 5.95 Å². The average molecular weight is 344 g/mol. The minimum atomic E-state index is 0.199. The number of nitrogens with zero attached hydrogens (tertiary/aromatic N) is 5. The first-order valence-corrected chi connectivity index (χ1v) is 8.47. The maximum absolute atomic E-state index is 10.1.